The zero-order valence-corrected chi connectivity index (χ0v) is 17.7. The van der Waals surface area contributed by atoms with E-state index >= 15 is 0 Å². The Morgan fingerprint density at radius 2 is 1.86 bits per heavy atom. The number of fused-ring (bicyclic) bond motifs is 1. The van der Waals surface area contributed by atoms with Crippen molar-refractivity contribution in [1.29, 1.82) is 0 Å². The van der Waals surface area contributed by atoms with Gasteiger partial charge in [-0.1, -0.05) is 12.1 Å². The molecular formula is C21H24N4O3S. The van der Waals surface area contributed by atoms with Gasteiger partial charge in [-0.25, -0.2) is 4.98 Å². The maximum atomic E-state index is 13.5. The number of thiophene rings is 1. The van der Waals surface area contributed by atoms with Gasteiger partial charge >= 0.3 is 0 Å². The molecule has 7 nitrogen and oxygen atoms in total. The van der Waals surface area contributed by atoms with Gasteiger partial charge in [0.2, 0.25) is 0 Å². The number of nitro groups is 1. The van der Waals surface area contributed by atoms with Crippen LogP contribution in [0.25, 0.3) is 10.2 Å². The Kier molecular flexibility index (Phi) is 5.23. The second-order valence-electron chi connectivity index (χ2n) is 7.80. The third-order valence-corrected chi connectivity index (χ3v) is 6.97. The van der Waals surface area contributed by atoms with Crippen molar-refractivity contribution in [3.63, 3.8) is 0 Å². The highest BCUT2D eigenvalue weighted by Gasteiger charge is 2.25. The molecule has 1 saturated heterocycles. The number of non-ortho nitro benzene ring substituents is 1. The molecule has 152 valence electrons. The van der Waals surface area contributed by atoms with Crippen molar-refractivity contribution in [2.45, 2.75) is 39.2 Å². The maximum absolute atomic E-state index is 13.5. The van der Waals surface area contributed by atoms with Crippen LogP contribution < -0.4 is 5.56 Å². The third-order valence-electron chi connectivity index (χ3n) is 5.87. The normalized spacial score (nSPS) is 15.8. The first-order valence-electron chi connectivity index (χ1n) is 9.78. The summed E-state index contributed by atoms with van der Waals surface area (Å²) in [5.41, 5.74) is 2.04. The Labute approximate surface area is 172 Å². The average molecular weight is 413 g/mol. The van der Waals surface area contributed by atoms with Gasteiger partial charge in [0.25, 0.3) is 11.2 Å². The van der Waals surface area contributed by atoms with E-state index in [9.17, 15) is 14.9 Å². The molecule has 0 radical (unpaired) electrons. The Bertz CT molecular complexity index is 1130. The lowest BCUT2D eigenvalue weighted by Crippen LogP contribution is -2.37. The number of nitro benzene ring substituents is 1. The lowest BCUT2D eigenvalue weighted by Gasteiger charge is -2.31. The van der Waals surface area contributed by atoms with E-state index in [1.54, 1.807) is 23.5 Å². The minimum atomic E-state index is -0.403. The number of hydrogen-bond acceptors (Lipinski definition) is 6. The number of hydrogen-bond donors (Lipinski definition) is 0. The summed E-state index contributed by atoms with van der Waals surface area (Å²) < 4.78 is 1.90. The van der Waals surface area contributed by atoms with Crippen LogP contribution in [0.5, 0.6) is 0 Å². The molecule has 2 aromatic heterocycles. The van der Waals surface area contributed by atoms with E-state index < -0.39 is 4.92 Å². The molecule has 1 fully saturated rings. The first-order chi connectivity index (χ1) is 13.8. The lowest BCUT2D eigenvalue weighted by atomic mass is 10.0. The summed E-state index contributed by atoms with van der Waals surface area (Å²) in [6.45, 7) is 5.92. The zero-order chi connectivity index (χ0) is 20.7. The van der Waals surface area contributed by atoms with Crippen molar-refractivity contribution in [2.75, 3.05) is 20.1 Å². The summed E-state index contributed by atoms with van der Waals surface area (Å²) in [6, 6.07) is 6.64. The molecule has 1 aromatic carbocycles. The summed E-state index contributed by atoms with van der Waals surface area (Å²) in [5, 5.41) is 11.7. The molecular weight excluding hydrogens is 388 g/mol. The van der Waals surface area contributed by atoms with E-state index in [2.05, 4.69) is 11.9 Å². The molecule has 0 saturated carbocycles. The summed E-state index contributed by atoms with van der Waals surface area (Å²) in [5.74, 6) is 0.743. The van der Waals surface area contributed by atoms with Gasteiger partial charge in [-0.15, -0.1) is 11.3 Å². The fraction of sp³-hybridized carbons (Fsp3) is 0.429. The number of rotatable bonds is 4. The van der Waals surface area contributed by atoms with E-state index in [4.69, 9.17) is 4.98 Å². The number of likely N-dealkylation sites (tertiary alicyclic amines) is 1. The zero-order valence-electron chi connectivity index (χ0n) is 16.8. The average Bonchev–Trinajstić information content (AvgIpc) is 2.97. The van der Waals surface area contributed by atoms with E-state index in [-0.39, 0.29) is 17.3 Å². The molecule has 0 bridgehead atoms. The van der Waals surface area contributed by atoms with Crippen LogP contribution in [0.1, 0.15) is 40.7 Å². The third kappa shape index (κ3) is 3.70. The highest BCUT2D eigenvalue weighted by Crippen LogP contribution is 2.29. The molecule has 29 heavy (non-hydrogen) atoms. The van der Waals surface area contributed by atoms with Crippen LogP contribution in [0.3, 0.4) is 0 Å². The molecule has 4 rings (SSSR count). The number of aryl methyl sites for hydroxylation is 2. The molecule has 0 N–H and O–H groups in total. The summed E-state index contributed by atoms with van der Waals surface area (Å²) >= 11 is 1.56. The van der Waals surface area contributed by atoms with Gasteiger partial charge in [-0.3, -0.25) is 19.5 Å². The number of piperidine rings is 1. The summed E-state index contributed by atoms with van der Waals surface area (Å²) in [6.07, 6.45) is 2.31. The van der Waals surface area contributed by atoms with E-state index in [0.29, 0.717) is 6.42 Å². The van der Waals surface area contributed by atoms with Crippen molar-refractivity contribution in [3.05, 3.63) is 66.6 Å². The fourth-order valence-corrected chi connectivity index (χ4v) is 5.06. The summed E-state index contributed by atoms with van der Waals surface area (Å²) in [7, 11) is 2.10. The van der Waals surface area contributed by atoms with Gasteiger partial charge in [0.15, 0.2) is 0 Å². The largest absolute Gasteiger partial charge is 0.306 e. The Morgan fingerprint density at radius 3 is 2.48 bits per heavy atom. The number of benzene rings is 1. The minimum absolute atomic E-state index is 0.0447. The van der Waals surface area contributed by atoms with E-state index in [1.807, 2.05) is 18.4 Å². The van der Waals surface area contributed by atoms with Crippen molar-refractivity contribution in [3.8, 4) is 0 Å². The molecule has 1 aliphatic heterocycles. The minimum Gasteiger partial charge on any atom is -0.306 e. The van der Waals surface area contributed by atoms with Crippen LogP contribution in [-0.2, 0) is 6.42 Å². The standard InChI is InChI=1S/C21H24N4O3S/c1-13-14(2)29-20-19(13)21(26)24(16-8-10-23(3)11-9-16)18(22-20)12-15-4-6-17(7-5-15)25(27)28/h4-7,16H,8-12H2,1-3H3. The van der Waals surface area contributed by atoms with Crippen LogP contribution in [-0.4, -0.2) is 39.5 Å². The quantitative estimate of drug-likeness (QED) is 0.480. The molecule has 0 amide bonds. The molecule has 1 aliphatic rings. The highest BCUT2D eigenvalue weighted by molar-refractivity contribution is 7.18. The number of nitrogens with zero attached hydrogens (tertiary/aromatic N) is 4. The van der Waals surface area contributed by atoms with Gasteiger partial charge in [-0.2, -0.15) is 0 Å². The van der Waals surface area contributed by atoms with Gasteiger partial charge < -0.3 is 4.90 Å². The van der Waals surface area contributed by atoms with Crippen molar-refractivity contribution in [1.82, 2.24) is 14.5 Å². The maximum Gasteiger partial charge on any atom is 0.269 e. The molecule has 0 aliphatic carbocycles. The van der Waals surface area contributed by atoms with Gasteiger partial charge in [-0.05, 0) is 58.0 Å². The van der Waals surface area contributed by atoms with Crippen LogP contribution in [0, 0.1) is 24.0 Å². The molecule has 8 heteroatoms. The first-order valence-corrected chi connectivity index (χ1v) is 10.6. The van der Waals surface area contributed by atoms with Crippen LogP contribution in [0.15, 0.2) is 29.1 Å². The second kappa shape index (κ2) is 7.68. The Hall–Kier alpha value is -2.58. The van der Waals surface area contributed by atoms with Crippen molar-refractivity contribution >= 4 is 27.2 Å². The van der Waals surface area contributed by atoms with E-state index in [0.717, 1.165) is 58.0 Å². The SMILES string of the molecule is Cc1sc2nc(Cc3ccc([N+](=O)[O-])cc3)n(C3CCN(C)CC3)c(=O)c2c1C. The second-order valence-corrected chi connectivity index (χ2v) is 9.00. The monoisotopic (exact) mass is 412 g/mol. The molecule has 3 aromatic rings. The van der Waals surface area contributed by atoms with Crippen molar-refractivity contribution in [2.24, 2.45) is 0 Å². The lowest BCUT2D eigenvalue weighted by molar-refractivity contribution is -0.384. The van der Waals surface area contributed by atoms with Crippen LogP contribution in [0.2, 0.25) is 0 Å². The number of aromatic nitrogens is 2. The Balaban J connectivity index is 1.81. The highest BCUT2D eigenvalue weighted by atomic mass is 32.1. The fourth-order valence-electron chi connectivity index (χ4n) is 4.02. The van der Waals surface area contributed by atoms with Gasteiger partial charge in [0.1, 0.15) is 10.7 Å². The Morgan fingerprint density at radius 1 is 1.21 bits per heavy atom. The smallest absolute Gasteiger partial charge is 0.269 e. The molecule has 3 heterocycles. The first kappa shape index (κ1) is 19.7. The van der Waals surface area contributed by atoms with Gasteiger partial charge in [0.05, 0.1) is 10.3 Å². The summed E-state index contributed by atoms with van der Waals surface area (Å²) in [4.78, 5) is 33.1. The molecule has 0 spiro atoms. The van der Waals surface area contributed by atoms with E-state index in [1.165, 1.54) is 12.1 Å². The van der Waals surface area contributed by atoms with Crippen LogP contribution in [0.4, 0.5) is 5.69 Å². The topological polar surface area (TPSA) is 81.3 Å². The predicted molar refractivity (Wildman–Crippen MR) is 115 cm³/mol. The van der Waals surface area contributed by atoms with Crippen molar-refractivity contribution < 1.29 is 4.92 Å². The van der Waals surface area contributed by atoms with Crippen LogP contribution >= 0.6 is 11.3 Å². The molecule has 0 atom stereocenters. The predicted octanol–water partition coefficient (Wildman–Crippen LogP) is 3.84. The van der Waals surface area contributed by atoms with Gasteiger partial charge in [0, 0.05) is 29.5 Å². The molecule has 0 unspecified atom stereocenters.